The Morgan fingerprint density at radius 1 is 1.12 bits per heavy atom. The van der Waals surface area contributed by atoms with Gasteiger partial charge in [-0.15, -0.1) is 9.35 Å². The number of rotatable bonds is 4. The van der Waals surface area contributed by atoms with Crippen LogP contribution in [0, 0.1) is 23.2 Å². The molecule has 2 amide bonds. The number of imide groups is 1. The van der Waals surface area contributed by atoms with E-state index >= 15 is 0 Å². The number of hydrogen-bond acceptors (Lipinski definition) is 6. The molecule has 8 heteroatoms. The number of carbonyl (C=O) groups excluding carboxylic acids is 3. The highest BCUT2D eigenvalue weighted by Crippen LogP contribution is 2.59. The fraction of sp³-hybridized carbons (Fsp3) is 0.562. The molecule has 5 rings (SSSR count). The summed E-state index contributed by atoms with van der Waals surface area (Å²) in [5.41, 5.74) is -0.120. The molecule has 0 spiro atoms. The molecule has 4 aliphatic carbocycles. The van der Waals surface area contributed by atoms with Crippen LogP contribution >= 0.6 is 0 Å². The third-order valence-corrected chi connectivity index (χ3v) is 7.52. The fourth-order valence-corrected chi connectivity index (χ4v) is 6.42. The lowest BCUT2D eigenvalue weighted by atomic mass is 9.48. The van der Waals surface area contributed by atoms with E-state index in [1.54, 1.807) is 0 Å². The lowest BCUT2D eigenvalue weighted by molar-refractivity contribution is -0.164. The zero-order valence-electron chi connectivity index (χ0n) is 12.7. The molecule has 5 aliphatic rings. The number of Topliss-reactive ketones (excluding diaryl/α,β-unsaturated/α-hetero) is 1. The van der Waals surface area contributed by atoms with Crippen LogP contribution < -0.4 is 0 Å². The zero-order valence-corrected chi connectivity index (χ0v) is 13.5. The zero-order chi connectivity index (χ0) is 16.9. The van der Waals surface area contributed by atoms with Crippen molar-refractivity contribution in [1.29, 1.82) is 0 Å². The summed E-state index contributed by atoms with van der Waals surface area (Å²) in [5.74, 6) is -2.03. The first-order valence-corrected chi connectivity index (χ1v) is 9.67. The smallest absolute Gasteiger partial charge is 0.289 e. The number of amides is 2. The Hall–Kier alpha value is -1.80. The highest BCUT2D eigenvalue weighted by Gasteiger charge is 2.63. The van der Waals surface area contributed by atoms with E-state index in [1.165, 1.54) is 0 Å². The van der Waals surface area contributed by atoms with Crippen molar-refractivity contribution in [2.45, 2.75) is 25.7 Å². The molecule has 0 radical (unpaired) electrons. The maximum absolute atomic E-state index is 12.4. The third-order valence-electron chi connectivity index (χ3n) is 6.28. The van der Waals surface area contributed by atoms with Crippen molar-refractivity contribution < 1.29 is 27.1 Å². The molecule has 1 aliphatic heterocycles. The molecular weight excluding hydrogens is 334 g/mol. The van der Waals surface area contributed by atoms with Crippen LogP contribution in [0.25, 0.3) is 0 Å². The molecule has 4 atom stereocenters. The second-order valence-electron chi connectivity index (χ2n) is 7.36. The number of ketones is 1. The van der Waals surface area contributed by atoms with E-state index in [-0.39, 0.29) is 23.5 Å². The van der Waals surface area contributed by atoms with Crippen molar-refractivity contribution in [2.75, 3.05) is 5.75 Å². The van der Waals surface area contributed by atoms with Crippen molar-refractivity contribution in [3.8, 4) is 0 Å². The van der Waals surface area contributed by atoms with Crippen LogP contribution in [0.3, 0.4) is 0 Å². The van der Waals surface area contributed by atoms with Crippen molar-refractivity contribution in [1.82, 2.24) is 5.06 Å². The second-order valence-corrected chi connectivity index (χ2v) is 8.91. The number of fused-ring (bicyclic) bond motifs is 5. The van der Waals surface area contributed by atoms with Crippen LogP contribution in [0.15, 0.2) is 23.3 Å². The van der Waals surface area contributed by atoms with Gasteiger partial charge in [0.25, 0.3) is 21.9 Å². The number of allylic oxidation sites excluding steroid dienone is 2. The highest BCUT2D eigenvalue weighted by molar-refractivity contribution is 7.86. The van der Waals surface area contributed by atoms with Gasteiger partial charge in [0.05, 0.1) is 5.75 Å². The monoisotopic (exact) mass is 349 g/mol. The van der Waals surface area contributed by atoms with Crippen LogP contribution in [0.5, 0.6) is 0 Å². The van der Waals surface area contributed by atoms with E-state index in [4.69, 9.17) is 4.28 Å². The Morgan fingerprint density at radius 3 is 2.21 bits per heavy atom. The maximum atomic E-state index is 12.4. The summed E-state index contributed by atoms with van der Waals surface area (Å²) in [6.07, 6.45) is 6.23. The van der Waals surface area contributed by atoms with Crippen LogP contribution in [0.2, 0.25) is 0 Å². The summed E-state index contributed by atoms with van der Waals surface area (Å²) in [6, 6.07) is 0. The number of nitrogens with zero attached hydrogens (tertiary/aromatic N) is 1. The molecule has 4 unspecified atom stereocenters. The molecule has 2 fully saturated rings. The number of hydroxylamine groups is 2. The molecule has 2 bridgehead atoms. The third kappa shape index (κ3) is 1.60. The topological polar surface area (TPSA) is 97.8 Å². The molecule has 126 valence electrons. The second kappa shape index (κ2) is 4.23. The van der Waals surface area contributed by atoms with E-state index in [0.717, 1.165) is 6.42 Å². The summed E-state index contributed by atoms with van der Waals surface area (Å²) in [7, 11) is -4.19. The van der Waals surface area contributed by atoms with Crippen molar-refractivity contribution in [3.63, 3.8) is 0 Å². The Balaban J connectivity index is 1.36. The predicted molar refractivity (Wildman–Crippen MR) is 79.3 cm³/mol. The molecule has 0 N–H and O–H groups in total. The summed E-state index contributed by atoms with van der Waals surface area (Å²) in [5, 5.41) is 0.375. The molecule has 0 aromatic heterocycles. The first-order chi connectivity index (χ1) is 11.3. The molecule has 2 saturated carbocycles. The van der Waals surface area contributed by atoms with Crippen molar-refractivity contribution in [2.24, 2.45) is 23.2 Å². The van der Waals surface area contributed by atoms with Gasteiger partial charge in [0.1, 0.15) is 5.78 Å². The largest absolute Gasteiger partial charge is 0.299 e. The lowest BCUT2D eigenvalue weighted by Crippen LogP contribution is -2.61. The fourth-order valence-electron chi connectivity index (χ4n) is 4.84. The Labute approximate surface area is 138 Å². The summed E-state index contributed by atoms with van der Waals surface area (Å²) in [6.45, 7) is 0. The Kier molecular flexibility index (Phi) is 2.56. The SMILES string of the molecule is O=C1C2=C(C(=O)N1OS(=O)(=O)CC13CCC1CC3=O)C1C=CC2C1. The first-order valence-electron chi connectivity index (χ1n) is 8.09. The van der Waals surface area contributed by atoms with Gasteiger partial charge in [-0.25, -0.2) is 0 Å². The van der Waals surface area contributed by atoms with E-state index < -0.39 is 33.1 Å². The van der Waals surface area contributed by atoms with Crippen LogP contribution in [-0.2, 0) is 28.8 Å². The van der Waals surface area contributed by atoms with Gasteiger partial charge in [-0.2, -0.15) is 8.42 Å². The van der Waals surface area contributed by atoms with E-state index in [9.17, 15) is 22.8 Å². The first kappa shape index (κ1) is 14.5. The van der Waals surface area contributed by atoms with Crippen LogP contribution in [-0.4, -0.2) is 36.8 Å². The minimum absolute atomic E-state index is 0.0622. The number of carbonyl (C=O) groups is 3. The average molecular weight is 349 g/mol. The molecule has 0 aromatic carbocycles. The van der Waals surface area contributed by atoms with Crippen molar-refractivity contribution >= 4 is 27.7 Å². The van der Waals surface area contributed by atoms with Gasteiger partial charge in [-0.3, -0.25) is 14.4 Å². The minimum atomic E-state index is -4.19. The van der Waals surface area contributed by atoms with Crippen molar-refractivity contribution in [3.05, 3.63) is 23.3 Å². The quantitative estimate of drug-likeness (QED) is 0.541. The van der Waals surface area contributed by atoms with E-state index in [2.05, 4.69) is 0 Å². The molecule has 0 saturated heterocycles. The molecule has 24 heavy (non-hydrogen) atoms. The minimum Gasteiger partial charge on any atom is -0.299 e. The molecule has 0 aromatic rings. The van der Waals surface area contributed by atoms with Crippen LogP contribution in [0.4, 0.5) is 0 Å². The Bertz CT molecular complexity index is 850. The molecule has 1 heterocycles. The number of hydrogen-bond donors (Lipinski definition) is 0. The Morgan fingerprint density at radius 2 is 1.75 bits per heavy atom. The summed E-state index contributed by atoms with van der Waals surface area (Å²) in [4.78, 5) is 36.7. The van der Waals surface area contributed by atoms with E-state index in [1.807, 2.05) is 12.2 Å². The van der Waals surface area contributed by atoms with Gasteiger partial charge in [-0.1, -0.05) is 12.2 Å². The van der Waals surface area contributed by atoms with Gasteiger partial charge in [0.2, 0.25) is 0 Å². The van der Waals surface area contributed by atoms with Crippen LogP contribution in [0.1, 0.15) is 25.7 Å². The van der Waals surface area contributed by atoms with Gasteiger partial charge >= 0.3 is 0 Å². The highest BCUT2D eigenvalue weighted by atomic mass is 32.2. The average Bonchev–Trinajstić information content (AvgIpc) is 3.19. The van der Waals surface area contributed by atoms with Gasteiger partial charge < -0.3 is 0 Å². The van der Waals surface area contributed by atoms with Gasteiger partial charge in [0.15, 0.2) is 0 Å². The standard InChI is InChI=1S/C16H15NO6S/c18-11-6-10-3-4-16(10,11)7-24(21,22)23-17-14(19)12-8-1-2-9(5-8)13(12)15(17)20/h1-2,8-10H,3-7H2. The summed E-state index contributed by atoms with van der Waals surface area (Å²) >= 11 is 0. The van der Waals surface area contributed by atoms with Gasteiger partial charge in [-0.05, 0) is 25.2 Å². The lowest BCUT2D eigenvalue weighted by Gasteiger charge is -2.56. The molecule has 7 nitrogen and oxygen atoms in total. The normalized spacial score (nSPS) is 39.2. The predicted octanol–water partition coefficient (Wildman–Crippen LogP) is 0.488. The summed E-state index contributed by atoms with van der Waals surface area (Å²) < 4.78 is 29.6. The van der Waals surface area contributed by atoms with E-state index in [0.29, 0.717) is 35.5 Å². The maximum Gasteiger partial charge on any atom is 0.289 e. The molecular formula is C16H15NO6S. The van der Waals surface area contributed by atoms with Gasteiger partial charge in [0, 0.05) is 34.8 Å².